The molecule has 1 unspecified atom stereocenters. The Hall–Kier alpha value is -2.18. The van der Waals surface area contributed by atoms with Crippen LogP contribution in [0.2, 0.25) is 10.0 Å². The Balaban J connectivity index is 2.09. The van der Waals surface area contributed by atoms with E-state index in [1.54, 1.807) is 24.3 Å². The maximum Gasteiger partial charge on any atom is 0.416 e. The molecule has 0 bridgehead atoms. The molecule has 0 spiro atoms. The van der Waals surface area contributed by atoms with Crippen molar-refractivity contribution in [1.82, 2.24) is 10.2 Å². The minimum Gasteiger partial charge on any atom is -0.374 e. The highest BCUT2D eigenvalue weighted by atomic mass is 35.5. The van der Waals surface area contributed by atoms with Crippen LogP contribution < -0.4 is 5.32 Å². The molecule has 0 aliphatic rings. The number of nitrogens with zero attached hydrogens (tertiary/aromatic N) is 1. The van der Waals surface area contributed by atoms with Gasteiger partial charge >= 0.3 is 6.18 Å². The maximum absolute atomic E-state index is 13.4. The number of alkyl halides is 3. The Morgan fingerprint density at radius 1 is 1.04 bits per heavy atom. The molecule has 0 aliphatic carbocycles. The number of aromatic nitrogens is 2. The highest BCUT2D eigenvalue weighted by Crippen LogP contribution is 2.38. The summed E-state index contributed by atoms with van der Waals surface area (Å²) in [4.78, 5) is 0. The van der Waals surface area contributed by atoms with Gasteiger partial charge in [0.2, 0.25) is 0 Å². The van der Waals surface area contributed by atoms with Gasteiger partial charge in [-0.3, -0.25) is 5.10 Å². The van der Waals surface area contributed by atoms with Gasteiger partial charge < -0.3 is 5.32 Å². The lowest BCUT2D eigenvalue weighted by Crippen LogP contribution is -2.18. The van der Waals surface area contributed by atoms with Crippen LogP contribution in [0.5, 0.6) is 0 Å². The largest absolute Gasteiger partial charge is 0.416 e. The normalized spacial score (nSPS) is 12.8. The molecule has 2 aromatic carbocycles. The van der Waals surface area contributed by atoms with E-state index in [9.17, 15) is 13.2 Å². The molecule has 3 aromatic rings. The number of nitrogens with one attached hydrogen (secondary N) is 2. The van der Waals surface area contributed by atoms with Crippen LogP contribution in [-0.2, 0) is 6.18 Å². The summed E-state index contributed by atoms with van der Waals surface area (Å²) in [6.45, 7) is 0. The second kappa shape index (κ2) is 6.98. The van der Waals surface area contributed by atoms with Crippen molar-refractivity contribution in [2.24, 2.45) is 0 Å². The summed E-state index contributed by atoms with van der Waals surface area (Å²) < 4.78 is 40.3. The quantitative estimate of drug-likeness (QED) is 0.583. The molecule has 1 atom stereocenters. The number of anilines is 1. The lowest BCUT2D eigenvalue weighted by Gasteiger charge is -2.23. The van der Waals surface area contributed by atoms with Crippen molar-refractivity contribution in [2.45, 2.75) is 12.2 Å². The summed E-state index contributed by atoms with van der Waals surface area (Å²) >= 11 is 12.0. The minimum absolute atomic E-state index is 0.0764. The van der Waals surface area contributed by atoms with Gasteiger partial charge in [0.25, 0.3) is 0 Å². The van der Waals surface area contributed by atoms with Crippen LogP contribution >= 0.6 is 23.2 Å². The number of hydrogen-bond donors (Lipinski definition) is 2. The number of benzene rings is 2. The number of halogens is 5. The molecule has 8 heteroatoms. The van der Waals surface area contributed by atoms with Gasteiger partial charge in [0.1, 0.15) is 0 Å². The molecule has 3 nitrogen and oxygen atoms in total. The van der Waals surface area contributed by atoms with E-state index in [0.717, 1.165) is 6.07 Å². The van der Waals surface area contributed by atoms with Crippen LogP contribution in [0.3, 0.4) is 0 Å². The van der Waals surface area contributed by atoms with Gasteiger partial charge in [0, 0.05) is 27.5 Å². The van der Waals surface area contributed by atoms with E-state index < -0.39 is 17.8 Å². The topological polar surface area (TPSA) is 40.7 Å². The van der Waals surface area contributed by atoms with Crippen molar-refractivity contribution < 1.29 is 13.2 Å². The number of hydrogen-bond acceptors (Lipinski definition) is 2. The third-order valence-electron chi connectivity index (χ3n) is 3.60. The summed E-state index contributed by atoms with van der Waals surface area (Å²) in [5, 5.41) is 10.3. The monoisotopic (exact) mass is 385 g/mol. The average molecular weight is 386 g/mol. The Kier molecular flexibility index (Phi) is 4.92. The van der Waals surface area contributed by atoms with Crippen molar-refractivity contribution in [2.75, 3.05) is 5.32 Å². The van der Waals surface area contributed by atoms with E-state index in [2.05, 4.69) is 15.5 Å². The molecule has 0 amide bonds. The Morgan fingerprint density at radius 2 is 1.72 bits per heavy atom. The van der Waals surface area contributed by atoms with Crippen molar-refractivity contribution >= 4 is 28.9 Å². The molecule has 3 rings (SSSR count). The predicted octanol–water partition coefficient (Wildman–Crippen LogP) is 5.94. The second-order valence-corrected chi connectivity index (χ2v) is 6.22. The van der Waals surface area contributed by atoms with Crippen LogP contribution in [0.4, 0.5) is 18.9 Å². The highest BCUT2D eigenvalue weighted by Gasteiger charge is 2.35. The van der Waals surface area contributed by atoms with E-state index in [4.69, 9.17) is 23.2 Å². The molecular weight excluding hydrogens is 374 g/mol. The van der Waals surface area contributed by atoms with Crippen molar-refractivity contribution in [3.63, 3.8) is 0 Å². The summed E-state index contributed by atoms with van der Waals surface area (Å²) in [6, 6.07) is 9.35. The SMILES string of the molecule is FC(F)(F)c1ccccc1C(Nc1cc(Cl)cc(Cl)c1)c1cn[nH]c1. The lowest BCUT2D eigenvalue weighted by molar-refractivity contribution is -0.138. The molecule has 0 saturated carbocycles. The standard InChI is InChI=1S/C17H12Cl2F3N3/c18-11-5-12(19)7-13(6-11)25-16(10-8-23-24-9-10)14-3-1-2-4-15(14)17(20,21)22/h1-9,16,25H,(H,23,24). The van der Waals surface area contributed by atoms with E-state index in [0.29, 0.717) is 21.3 Å². The maximum atomic E-state index is 13.4. The van der Waals surface area contributed by atoms with Crippen LogP contribution in [0.1, 0.15) is 22.7 Å². The van der Waals surface area contributed by atoms with Gasteiger partial charge in [0.05, 0.1) is 17.8 Å². The highest BCUT2D eigenvalue weighted by molar-refractivity contribution is 6.35. The zero-order chi connectivity index (χ0) is 18.0. The second-order valence-electron chi connectivity index (χ2n) is 5.35. The summed E-state index contributed by atoms with van der Waals surface area (Å²) in [5.41, 5.74) is 0.405. The van der Waals surface area contributed by atoms with Crippen LogP contribution in [0, 0.1) is 0 Å². The number of rotatable bonds is 4. The summed E-state index contributed by atoms with van der Waals surface area (Å²) in [7, 11) is 0. The van der Waals surface area contributed by atoms with Gasteiger partial charge in [-0.2, -0.15) is 18.3 Å². The Labute approximate surface area is 151 Å². The van der Waals surface area contributed by atoms with Crippen molar-refractivity contribution in [3.05, 3.63) is 81.6 Å². The Morgan fingerprint density at radius 3 is 2.32 bits per heavy atom. The first-order valence-corrected chi connectivity index (χ1v) is 7.97. The van der Waals surface area contributed by atoms with Gasteiger partial charge in [0.15, 0.2) is 0 Å². The van der Waals surface area contributed by atoms with E-state index >= 15 is 0 Å². The average Bonchev–Trinajstić information content (AvgIpc) is 3.05. The van der Waals surface area contributed by atoms with Gasteiger partial charge in [-0.25, -0.2) is 0 Å². The fraction of sp³-hybridized carbons (Fsp3) is 0.118. The third kappa shape index (κ3) is 4.08. The van der Waals surface area contributed by atoms with E-state index in [1.807, 2.05) is 0 Å². The third-order valence-corrected chi connectivity index (χ3v) is 4.04. The fourth-order valence-corrected chi connectivity index (χ4v) is 3.10. The lowest BCUT2D eigenvalue weighted by atomic mass is 9.95. The molecule has 2 N–H and O–H groups in total. The number of aromatic amines is 1. The van der Waals surface area contributed by atoms with Gasteiger partial charge in [-0.15, -0.1) is 0 Å². The van der Waals surface area contributed by atoms with Gasteiger partial charge in [-0.1, -0.05) is 41.4 Å². The Bertz CT molecular complexity index is 844. The molecule has 1 heterocycles. The molecule has 0 fully saturated rings. The first kappa shape index (κ1) is 17.6. The van der Waals surface area contributed by atoms with Crippen molar-refractivity contribution in [1.29, 1.82) is 0 Å². The molecule has 130 valence electrons. The molecule has 0 radical (unpaired) electrons. The molecular formula is C17H12Cl2F3N3. The van der Waals surface area contributed by atoms with Crippen LogP contribution in [-0.4, -0.2) is 10.2 Å². The summed E-state index contributed by atoms with van der Waals surface area (Å²) in [6.07, 6.45) is -1.47. The first-order valence-electron chi connectivity index (χ1n) is 7.22. The molecule has 25 heavy (non-hydrogen) atoms. The smallest absolute Gasteiger partial charge is 0.374 e. The summed E-state index contributed by atoms with van der Waals surface area (Å²) in [5.74, 6) is 0. The first-order chi connectivity index (χ1) is 11.8. The molecule has 0 saturated heterocycles. The van der Waals surface area contributed by atoms with Crippen LogP contribution in [0.25, 0.3) is 0 Å². The zero-order valence-corrected chi connectivity index (χ0v) is 14.1. The van der Waals surface area contributed by atoms with Crippen LogP contribution in [0.15, 0.2) is 54.9 Å². The van der Waals surface area contributed by atoms with Crippen molar-refractivity contribution in [3.8, 4) is 0 Å². The van der Waals surface area contributed by atoms with Gasteiger partial charge in [-0.05, 0) is 29.8 Å². The zero-order valence-electron chi connectivity index (χ0n) is 12.6. The number of H-pyrrole nitrogens is 1. The molecule has 0 aliphatic heterocycles. The molecule has 1 aromatic heterocycles. The fourth-order valence-electron chi connectivity index (χ4n) is 2.57. The van der Waals surface area contributed by atoms with E-state index in [1.165, 1.54) is 24.5 Å². The predicted molar refractivity (Wildman–Crippen MR) is 92.0 cm³/mol. The minimum atomic E-state index is -4.48. The van der Waals surface area contributed by atoms with E-state index in [-0.39, 0.29) is 5.56 Å².